The first-order valence-corrected chi connectivity index (χ1v) is 10.6. The summed E-state index contributed by atoms with van der Waals surface area (Å²) in [5, 5.41) is 20.7. The molecule has 3 heterocycles. The molecule has 0 bridgehead atoms. The Hall–Kier alpha value is -3.37. The summed E-state index contributed by atoms with van der Waals surface area (Å²) < 4.78 is 37.7. The molecule has 4 atom stereocenters. The predicted octanol–water partition coefficient (Wildman–Crippen LogP) is -1.70. The van der Waals surface area contributed by atoms with Crippen molar-refractivity contribution in [3.8, 4) is 0 Å². The van der Waals surface area contributed by atoms with Gasteiger partial charge in [0.2, 0.25) is 0 Å². The highest BCUT2D eigenvalue weighted by Crippen LogP contribution is 2.32. The number of benzene rings is 1. The highest BCUT2D eigenvalue weighted by Gasteiger charge is 2.45. The van der Waals surface area contributed by atoms with E-state index in [1.807, 2.05) is 0 Å². The van der Waals surface area contributed by atoms with Crippen LogP contribution in [0.1, 0.15) is 16.6 Å². The molecule has 4 rings (SSSR count). The van der Waals surface area contributed by atoms with Gasteiger partial charge < -0.3 is 26.4 Å². The van der Waals surface area contributed by atoms with Crippen molar-refractivity contribution in [2.45, 2.75) is 24.5 Å². The lowest BCUT2D eigenvalue weighted by atomic mass is 10.1. The minimum Gasteiger partial charge on any atom is -0.399 e. The maximum absolute atomic E-state index is 12.1. The van der Waals surface area contributed by atoms with E-state index in [-0.39, 0.29) is 28.2 Å². The Bertz CT molecular complexity index is 1270. The van der Waals surface area contributed by atoms with Crippen molar-refractivity contribution in [1.82, 2.24) is 24.2 Å². The number of nitrogens with one attached hydrogen (secondary N) is 1. The molecular formula is C17H19N7O7S. The van der Waals surface area contributed by atoms with Crippen LogP contribution >= 0.6 is 0 Å². The number of hydrogen-bond donors (Lipinski definition) is 5. The van der Waals surface area contributed by atoms with Crippen LogP contribution in [0.2, 0.25) is 0 Å². The smallest absolute Gasteiger partial charge is 0.362 e. The molecule has 1 amide bonds. The number of amides is 1. The molecule has 170 valence electrons. The van der Waals surface area contributed by atoms with Crippen LogP contribution in [0, 0.1) is 0 Å². The predicted molar refractivity (Wildman–Crippen MR) is 109 cm³/mol. The fraction of sp³-hybridized carbons (Fsp3) is 0.294. The molecule has 1 aliphatic heterocycles. The van der Waals surface area contributed by atoms with Gasteiger partial charge in [0.15, 0.2) is 17.7 Å². The van der Waals surface area contributed by atoms with E-state index >= 15 is 0 Å². The highest BCUT2D eigenvalue weighted by atomic mass is 32.2. The van der Waals surface area contributed by atoms with Gasteiger partial charge in [-0.1, -0.05) is 6.07 Å². The number of hydrogen-bond acceptors (Lipinski definition) is 12. The van der Waals surface area contributed by atoms with Crippen molar-refractivity contribution in [2.75, 3.05) is 18.1 Å². The maximum Gasteiger partial charge on any atom is 0.362 e. The van der Waals surface area contributed by atoms with Crippen LogP contribution in [0.4, 0.5) is 11.5 Å². The molecule has 1 fully saturated rings. The molecule has 2 aromatic heterocycles. The zero-order chi connectivity index (χ0) is 23.0. The van der Waals surface area contributed by atoms with Crippen molar-refractivity contribution in [2.24, 2.45) is 0 Å². The number of nitrogen functional groups attached to an aromatic ring is 2. The number of nitrogens with zero attached hydrogens (tertiary/aromatic N) is 4. The number of fused-ring (bicyclic) bond motifs is 1. The maximum atomic E-state index is 12.1. The second-order valence-electron chi connectivity index (χ2n) is 6.92. The van der Waals surface area contributed by atoms with Crippen LogP contribution in [-0.2, 0) is 19.2 Å². The van der Waals surface area contributed by atoms with Crippen LogP contribution in [0.3, 0.4) is 0 Å². The summed E-state index contributed by atoms with van der Waals surface area (Å²) in [5.41, 5.74) is 12.1. The van der Waals surface area contributed by atoms with E-state index in [0.717, 1.165) is 0 Å². The lowest BCUT2D eigenvalue weighted by Crippen LogP contribution is -2.37. The summed E-state index contributed by atoms with van der Waals surface area (Å²) >= 11 is 0. The second kappa shape index (κ2) is 8.29. The lowest BCUT2D eigenvalue weighted by molar-refractivity contribution is -0.0468. The average Bonchev–Trinajstić information content (AvgIpc) is 3.29. The van der Waals surface area contributed by atoms with Gasteiger partial charge in [0.25, 0.3) is 5.91 Å². The Labute approximate surface area is 181 Å². The topological polar surface area (TPSA) is 218 Å². The zero-order valence-corrected chi connectivity index (χ0v) is 17.1. The van der Waals surface area contributed by atoms with Crippen molar-refractivity contribution in [1.29, 1.82) is 0 Å². The molecular weight excluding hydrogens is 446 g/mol. The van der Waals surface area contributed by atoms with Crippen LogP contribution in [-0.4, -0.2) is 69.0 Å². The first-order valence-electron chi connectivity index (χ1n) is 9.18. The molecule has 0 aliphatic carbocycles. The number of rotatable bonds is 6. The Morgan fingerprint density at radius 3 is 2.75 bits per heavy atom. The molecule has 32 heavy (non-hydrogen) atoms. The molecule has 14 nitrogen and oxygen atoms in total. The van der Waals surface area contributed by atoms with Gasteiger partial charge in [0.05, 0.1) is 12.9 Å². The monoisotopic (exact) mass is 465 g/mol. The summed E-state index contributed by atoms with van der Waals surface area (Å²) in [6, 6.07) is 5.69. The number of aliphatic hydroxyl groups excluding tert-OH is 2. The minimum atomic E-state index is -4.55. The molecule has 1 aromatic carbocycles. The lowest BCUT2D eigenvalue weighted by Gasteiger charge is -2.16. The first kappa shape index (κ1) is 21.8. The molecule has 0 saturated carbocycles. The van der Waals surface area contributed by atoms with E-state index in [1.54, 1.807) is 4.72 Å². The SMILES string of the molecule is Nc1cccc(C(=O)NS(=O)(=O)OC[C@H]2O[C@@H](n3cnc4c(N)ncnc43)[C@H](O)[C@@H]2O)c1. The normalized spacial score (nSPS) is 23.4. The van der Waals surface area contributed by atoms with E-state index < -0.39 is 47.4 Å². The number of nitrogens with two attached hydrogens (primary N) is 2. The van der Waals surface area contributed by atoms with Crippen LogP contribution in [0.5, 0.6) is 0 Å². The number of ether oxygens (including phenoxy) is 1. The fourth-order valence-corrected chi connectivity index (χ4v) is 3.91. The number of anilines is 2. The van der Waals surface area contributed by atoms with E-state index in [4.69, 9.17) is 20.4 Å². The molecule has 0 radical (unpaired) electrons. The van der Waals surface area contributed by atoms with E-state index in [9.17, 15) is 23.4 Å². The largest absolute Gasteiger partial charge is 0.399 e. The van der Waals surface area contributed by atoms with Crippen LogP contribution in [0.25, 0.3) is 11.2 Å². The van der Waals surface area contributed by atoms with Gasteiger partial charge in [0.1, 0.15) is 30.2 Å². The third-order valence-electron chi connectivity index (χ3n) is 4.75. The van der Waals surface area contributed by atoms with Crippen LogP contribution < -0.4 is 16.2 Å². The van der Waals surface area contributed by atoms with Crippen molar-refractivity contribution in [3.63, 3.8) is 0 Å². The van der Waals surface area contributed by atoms with Gasteiger partial charge in [-0.15, -0.1) is 0 Å². The summed E-state index contributed by atoms with van der Waals surface area (Å²) in [6.07, 6.45) is -2.86. The van der Waals surface area contributed by atoms with Crippen molar-refractivity contribution < 1.29 is 32.3 Å². The molecule has 3 aromatic rings. The van der Waals surface area contributed by atoms with Crippen molar-refractivity contribution in [3.05, 3.63) is 42.5 Å². The molecule has 0 unspecified atom stereocenters. The summed E-state index contributed by atoms with van der Waals surface area (Å²) in [4.78, 5) is 24.0. The van der Waals surface area contributed by atoms with E-state index in [0.29, 0.717) is 0 Å². The van der Waals surface area contributed by atoms with Crippen LogP contribution in [0.15, 0.2) is 36.9 Å². The number of imidazole rings is 1. The van der Waals surface area contributed by atoms with Gasteiger partial charge in [-0.25, -0.2) is 19.7 Å². The molecule has 7 N–H and O–H groups in total. The third kappa shape index (κ3) is 4.19. The standard InChI is InChI=1S/C17H19N7O7S/c18-9-3-1-2-8(4-9)16(27)23-32(28,29)30-5-10-12(25)13(26)17(31-10)24-7-22-11-14(19)20-6-21-15(11)24/h1-4,6-7,10,12-13,17,25-26H,5,18H2,(H,23,27)(H2,19,20,21)/t10-,12-,13-,17-/m1/s1. The summed E-state index contributed by atoms with van der Waals surface area (Å²) in [5.74, 6) is -0.839. The fourth-order valence-electron chi connectivity index (χ4n) is 3.19. The van der Waals surface area contributed by atoms with E-state index in [2.05, 4.69) is 15.0 Å². The summed E-state index contributed by atoms with van der Waals surface area (Å²) in [6.45, 7) is -0.683. The molecule has 1 saturated heterocycles. The molecule has 1 aliphatic rings. The quantitative estimate of drug-likeness (QED) is 0.257. The summed E-state index contributed by atoms with van der Waals surface area (Å²) in [7, 11) is -4.55. The number of carbonyl (C=O) groups is 1. The first-order chi connectivity index (χ1) is 15.2. The molecule has 15 heteroatoms. The Morgan fingerprint density at radius 2 is 2.00 bits per heavy atom. The number of carbonyl (C=O) groups excluding carboxylic acids is 1. The van der Waals surface area contributed by atoms with Gasteiger partial charge in [-0.2, -0.15) is 8.42 Å². The van der Waals surface area contributed by atoms with Gasteiger partial charge in [0, 0.05) is 11.3 Å². The number of aliphatic hydroxyl groups is 2. The zero-order valence-electron chi connectivity index (χ0n) is 16.3. The van der Waals surface area contributed by atoms with Gasteiger partial charge in [-0.05, 0) is 18.2 Å². The average molecular weight is 465 g/mol. The Morgan fingerprint density at radius 1 is 1.22 bits per heavy atom. The Balaban J connectivity index is 1.43. The highest BCUT2D eigenvalue weighted by molar-refractivity contribution is 7.85. The third-order valence-corrected chi connectivity index (χ3v) is 5.63. The second-order valence-corrected chi connectivity index (χ2v) is 8.27. The van der Waals surface area contributed by atoms with Gasteiger partial charge >= 0.3 is 10.3 Å². The van der Waals surface area contributed by atoms with Gasteiger partial charge in [-0.3, -0.25) is 13.5 Å². The Kier molecular flexibility index (Phi) is 5.66. The minimum absolute atomic E-state index is 0.0121. The van der Waals surface area contributed by atoms with E-state index in [1.165, 1.54) is 41.5 Å². The molecule has 0 spiro atoms. The van der Waals surface area contributed by atoms with Crippen molar-refractivity contribution >= 4 is 38.9 Å². The number of aromatic nitrogens is 4.